The number of amides is 2. The van der Waals surface area contributed by atoms with Crippen LogP contribution >= 0.6 is 0 Å². The number of nitrogens with one attached hydrogen (secondary N) is 1. The number of aryl methyl sites for hydroxylation is 1. The van der Waals surface area contributed by atoms with Crippen LogP contribution in [0.25, 0.3) is 11.0 Å². The number of carbonyl (C=O) groups is 1. The van der Waals surface area contributed by atoms with Crippen molar-refractivity contribution < 1.29 is 9.42 Å². The lowest BCUT2D eigenvalue weighted by molar-refractivity contribution is 0.206. The van der Waals surface area contributed by atoms with Crippen LogP contribution in [0.1, 0.15) is 18.3 Å². The molecule has 0 bridgehead atoms. The van der Waals surface area contributed by atoms with Crippen LogP contribution in [0.2, 0.25) is 0 Å². The summed E-state index contributed by atoms with van der Waals surface area (Å²) >= 11 is 0. The zero-order valence-corrected chi connectivity index (χ0v) is 13.8. The topological polar surface area (TPSA) is 89.1 Å². The number of aromatic nitrogens is 4. The summed E-state index contributed by atoms with van der Waals surface area (Å²) in [6.45, 7) is 3.81. The number of benzene rings is 1. The lowest BCUT2D eigenvalue weighted by Gasteiger charge is -2.18. The molecule has 0 fully saturated rings. The van der Waals surface area contributed by atoms with Crippen LogP contribution in [0, 0.1) is 0 Å². The molecule has 0 atom stereocenters. The summed E-state index contributed by atoms with van der Waals surface area (Å²) in [5, 5.41) is 10.5. The Morgan fingerprint density at radius 1 is 1.33 bits per heavy atom. The average Bonchev–Trinajstić information content (AvgIpc) is 3.22. The van der Waals surface area contributed by atoms with Gasteiger partial charge in [-0.05, 0) is 28.0 Å². The highest BCUT2D eigenvalue weighted by Gasteiger charge is 2.10. The van der Waals surface area contributed by atoms with E-state index in [1.165, 1.54) is 0 Å². The maximum Gasteiger partial charge on any atom is 0.317 e. The van der Waals surface area contributed by atoms with Crippen molar-refractivity contribution in [2.45, 2.75) is 26.4 Å². The van der Waals surface area contributed by atoms with Crippen LogP contribution in [-0.4, -0.2) is 44.4 Å². The van der Waals surface area contributed by atoms with E-state index in [1.807, 2.05) is 29.0 Å². The molecule has 0 aliphatic carbocycles. The van der Waals surface area contributed by atoms with E-state index >= 15 is 0 Å². The van der Waals surface area contributed by atoms with Gasteiger partial charge >= 0.3 is 6.03 Å². The van der Waals surface area contributed by atoms with Gasteiger partial charge in [0.2, 0.25) is 0 Å². The Morgan fingerprint density at radius 3 is 3.00 bits per heavy atom. The molecule has 8 heteroatoms. The zero-order chi connectivity index (χ0) is 16.9. The quantitative estimate of drug-likeness (QED) is 0.745. The van der Waals surface area contributed by atoms with Crippen molar-refractivity contribution in [2.24, 2.45) is 0 Å². The van der Waals surface area contributed by atoms with Gasteiger partial charge in [0.15, 0.2) is 0 Å². The molecular formula is C16H20N6O2. The van der Waals surface area contributed by atoms with Crippen LogP contribution in [0.15, 0.2) is 35.2 Å². The molecular weight excluding hydrogens is 308 g/mol. The van der Waals surface area contributed by atoms with Crippen LogP contribution in [0.4, 0.5) is 4.79 Å². The molecule has 0 spiro atoms. The van der Waals surface area contributed by atoms with E-state index in [4.69, 9.17) is 0 Å². The Bertz CT molecular complexity index is 825. The van der Waals surface area contributed by atoms with Crippen LogP contribution in [-0.2, 0) is 19.5 Å². The number of rotatable bonds is 6. The van der Waals surface area contributed by atoms with Gasteiger partial charge in [-0.2, -0.15) is 0 Å². The molecule has 0 radical (unpaired) electrons. The molecule has 3 rings (SSSR count). The van der Waals surface area contributed by atoms with Crippen LogP contribution in [0.5, 0.6) is 0 Å². The molecule has 1 aromatic carbocycles. The minimum atomic E-state index is -0.119. The summed E-state index contributed by atoms with van der Waals surface area (Å²) in [4.78, 5) is 18.1. The molecule has 0 saturated carbocycles. The second kappa shape index (κ2) is 7.12. The fourth-order valence-electron chi connectivity index (χ4n) is 2.55. The molecule has 1 N–H and O–H groups in total. The lowest BCUT2D eigenvalue weighted by atomic mass is 10.2. The highest BCUT2D eigenvalue weighted by molar-refractivity contribution is 5.75. The van der Waals surface area contributed by atoms with E-state index in [0.29, 0.717) is 30.7 Å². The number of nitrogens with zero attached hydrogens (tertiary/aromatic N) is 5. The number of hydrogen-bond donors (Lipinski definition) is 1. The number of urea groups is 1. The van der Waals surface area contributed by atoms with Gasteiger partial charge in [0.25, 0.3) is 0 Å². The van der Waals surface area contributed by atoms with E-state index in [9.17, 15) is 4.79 Å². The average molecular weight is 328 g/mol. The van der Waals surface area contributed by atoms with Gasteiger partial charge in [0.05, 0.1) is 0 Å². The zero-order valence-electron chi connectivity index (χ0n) is 13.8. The van der Waals surface area contributed by atoms with E-state index < -0.39 is 0 Å². The van der Waals surface area contributed by atoms with Gasteiger partial charge < -0.3 is 14.8 Å². The molecule has 24 heavy (non-hydrogen) atoms. The van der Waals surface area contributed by atoms with E-state index in [2.05, 4.69) is 32.2 Å². The van der Waals surface area contributed by atoms with E-state index in [1.54, 1.807) is 18.1 Å². The third-order valence-electron chi connectivity index (χ3n) is 3.83. The molecule has 2 amide bonds. The summed E-state index contributed by atoms with van der Waals surface area (Å²) in [7, 11) is 1.76. The molecule has 8 nitrogen and oxygen atoms in total. The van der Waals surface area contributed by atoms with Gasteiger partial charge in [-0.15, -0.1) is 0 Å². The van der Waals surface area contributed by atoms with Crippen molar-refractivity contribution in [1.82, 2.24) is 30.1 Å². The fraction of sp³-hybridized carbons (Fsp3) is 0.375. The van der Waals surface area contributed by atoms with Gasteiger partial charge in [-0.1, -0.05) is 13.0 Å². The van der Waals surface area contributed by atoms with E-state index in [-0.39, 0.29) is 6.03 Å². The summed E-state index contributed by atoms with van der Waals surface area (Å²) in [6.07, 6.45) is 4.58. The van der Waals surface area contributed by atoms with Crippen molar-refractivity contribution in [2.75, 3.05) is 13.6 Å². The molecule has 0 unspecified atom stereocenters. The number of fused-ring (bicyclic) bond motifs is 1. The first kappa shape index (κ1) is 16.0. The first-order valence-electron chi connectivity index (χ1n) is 7.87. The maximum absolute atomic E-state index is 12.2. The van der Waals surface area contributed by atoms with Gasteiger partial charge in [0.1, 0.15) is 16.9 Å². The number of imidazole rings is 1. The highest BCUT2D eigenvalue weighted by Crippen LogP contribution is 2.12. The predicted molar refractivity (Wildman–Crippen MR) is 88.3 cm³/mol. The minimum absolute atomic E-state index is 0.119. The van der Waals surface area contributed by atoms with Gasteiger partial charge in [-0.3, -0.25) is 0 Å². The maximum atomic E-state index is 12.2. The minimum Gasteiger partial charge on any atom is -0.336 e. The second-order valence-corrected chi connectivity index (χ2v) is 5.57. The van der Waals surface area contributed by atoms with E-state index in [0.717, 1.165) is 17.8 Å². The Balaban J connectivity index is 1.51. The SMILES string of the molecule is CCc1nccn1CCNC(=O)N(C)Cc1ccc2nonc2c1. The third kappa shape index (κ3) is 3.53. The Hall–Kier alpha value is -2.90. The van der Waals surface area contributed by atoms with Gasteiger partial charge in [0, 0.05) is 45.5 Å². The molecule has 2 heterocycles. The molecule has 0 saturated heterocycles. The highest BCUT2D eigenvalue weighted by atomic mass is 16.6. The second-order valence-electron chi connectivity index (χ2n) is 5.57. The molecule has 126 valence electrons. The summed E-state index contributed by atoms with van der Waals surface area (Å²) in [6, 6.07) is 5.49. The normalized spacial score (nSPS) is 10.9. The molecule has 2 aromatic heterocycles. The van der Waals surface area contributed by atoms with Crippen LogP contribution < -0.4 is 5.32 Å². The Labute approximate surface area is 139 Å². The van der Waals surface area contributed by atoms with Crippen molar-refractivity contribution in [3.8, 4) is 0 Å². The lowest BCUT2D eigenvalue weighted by Crippen LogP contribution is -2.38. The molecule has 0 aliphatic rings. The summed E-state index contributed by atoms with van der Waals surface area (Å²) < 4.78 is 6.73. The number of hydrogen-bond acceptors (Lipinski definition) is 5. The first-order valence-corrected chi connectivity index (χ1v) is 7.87. The smallest absolute Gasteiger partial charge is 0.317 e. The van der Waals surface area contributed by atoms with Crippen molar-refractivity contribution in [3.63, 3.8) is 0 Å². The van der Waals surface area contributed by atoms with Gasteiger partial charge in [-0.25, -0.2) is 14.4 Å². The monoisotopic (exact) mass is 328 g/mol. The van der Waals surface area contributed by atoms with Crippen molar-refractivity contribution in [1.29, 1.82) is 0 Å². The molecule has 0 aliphatic heterocycles. The summed E-state index contributed by atoms with van der Waals surface area (Å²) in [5.74, 6) is 1.02. The predicted octanol–water partition coefficient (Wildman–Crippen LogP) is 1.82. The molecule has 3 aromatic rings. The number of carbonyl (C=O) groups excluding carboxylic acids is 1. The van der Waals surface area contributed by atoms with Crippen LogP contribution in [0.3, 0.4) is 0 Å². The third-order valence-corrected chi connectivity index (χ3v) is 3.83. The summed E-state index contributed by atoms with van der Waals surface area (Å²) in [5.41, 5.74) is 2.37. The fourth-order valence-corrected chi connectivity index (χ4v) is 2.55. The Morgan fingerprint density at radius 2 is 2.17 bits per heavy atom. The first-order chi connectivity index (χ1) is 11.7. The standard InChI is InChI=1S/C16H20N6O2/c1-3-15-17-6-8-22(15)9-7-18-16(23)21(2)11-12-4-5-13-14(10-12)20-24-19-13/h4-6,8,10H,3,7,9,11H2,1-2H3,(H,18,23). The Kier molecular flexibility index (Phi) is 4.74. The van der Waals surface area contributed by atoms with Crippen molar-refractivity contribution >= 4 is 17.1 Å². The van der Waals surface area contributed by atoms with Crippen molar-refractivity contribution in [3.05, 3.63) is 42.0 Å². The largest absolute Gasteiger partial charge is 0.336 e.